The molecule has 0 aliphatic carbocycles. The zero-order chi connectivity index (χ0) is 16.4. The maximum absolute atomic E-state index is 5.97. The molecule has 1 aliphatic rings. The van der Waals surface area contributed by atoms with Crippen LogP contribution in [0.1, 0.15) is 43.4 Å². The van der Waals surface area contributed by atoms with Crippen molar-refractivity contribution in [3.8, 4) is 11.5 Å². The first-order valence-electron chi connectivity index (χ1n) is 7.68. The number of rotatable bonds is 4. The van der Waals surface area contributed by atoms with Crippen molar-refractivity contribution in [1.82, 2.24) is 15.0 Å². The van der Waals surface area contributed by atoms with Gasteiger partial charge in [-0.3, -0.25) is 4.98 Å². The molecule has 0 amide bonds. The van der Waals surface area contributed by atoms with Crippen LogP contribution in [-0.4, -0.2) is 28.2 Å². The molecule has 1 atom stereocenters. The van der Waals surface area contributed by atoms with Gasteiger partial charge in [-0.25, -0.2) is 4.98 Å². The summed E-state index contributed by atoms with van der Waals surface area (Å²) in [6.07, 6.45) is 4.32. The van der Waals surface area contributed by atoms with Crippen molar-refractivity contribution in [2.75, 3.05) is 24.7 Å². The highest BCUT2D eigenvalue weighted by atomic mass is 16.5. The molecule has 1 aliphatic heterocycles. The predicted octanol–water partition coefficient (Wildman–Crippen LogP) is 2.46. The molecule has 3 rings (SSSR count). The smallest absolute Gasteiger partial charge is 0.222 e. The number of nitrogen functional groups attached to an aromatic ring is 2. The molecule has 7 heteroatoms. The summed E-state index contributed by atoms with van der Waals surface area (Å²) < 4.78 is 11.4. The lowest BCUT2D eigenvalue weighted by atomic mass is 9.99. The number of nitrogens with zero attached hydrogens (tertiary/aromatic N) is 3. The number of anilines is 2. The molecule has 0 radical (unpaired) electrons. The molecule has 3 heterocycles. The van der Waals surface area contributed by atoms with Crippen LogP contribution in [0.15, 0.2) is 18.5 Å². The average Bonchev–Trinajstić information content (AvgIpc) is 3.04. The Morgan fingerprint density at radius 2 is 2.04 bits per heavy atom. The van der Waals surface area contributed by atoms with Gasteiger partial charge in [-0.05, 0) is 12.3 Å². The van der Waals surface area contributed by atoms with Gasteiger partial charge in [-0.15, -0.1) is 0 Å². The Morgan fingerprint density at radius 3 is 2.70 bits per heavy atom. The maximum atomic E-state index is 5.97. The van der Waals surface area contributed by atoms with E-state index in [0.717, 1.165) is 30.0 Å². The van der Waals surface area contributed by atoms with Crippen LogP contribution < -0.4 is 16.2 Å². The normalized spacial score (nSPS) is 17.6. The van der Waals surface area contributed by atoms with Gasteiger partial charge in [-0.2, -0.15) is 4.98 Å². The first kappa shape index (κ1) is 15.5. The van der Waals surface area contributed by atoms with Crippen LogP contribution in [0.4, 0.5) is 11.8 Å². The minimum atomic E-state index is 0.123. The Morgan fingerprint density at radius 1 is 1.22 bits per heavy atom. The first-order valence-corrected chi connectivity index (χ1v) is 7.68. The van der Waals surface area contributed by atoms with Crippen molar-refractivity contribution >= 4 is 11.8 Å². The SMILES string of the molecule is CC(C)c1cnc(C2CCOC2)cc1Oc1cnc(N)nc1N. The lowest BCUT2D eigenvalue weighted by molar-refractivity contribution is 0.193. The van der Waals surface area contributed by atoms with Crippen LogP contribution in [0.3, 0.4) is 0 Å². The molecule has 1 saturated heterocycles. The molecule has 1 unspecified atom stereocenters. The quantitative estimate of drug-likeness (QED) is 0.891. The van der Waals surface area contributed by atoms with Crippen molar-refractivity contribution in [2.24, 2.45) is 0 Å². The van der Waals surface area contributed by atoms with Crippen molar-refractivity contribution < 1.29 is 9.47 Å². The van der Waals surface area contributed by atoms with Crippen molar-refractivity contribution in [2.45, 2.75) is 32.1 Å². The number of hydrogen-bond donors (Lipinski definition) is 2. The van der Waals surface area contributed by atoms with Crippen LogP contribution in [0.2, 0.25) is 0 Å². The highest BCUT2D eigenvalue weighted by molar-refractivity contribution is 5.50. The Hall–Kier alpha value is -2.41. The van der Waals surface area contributed by atoms with E-state index in [2.05, 4.69) is 28.8 Å². The fourth-order valence-electron chi connectivity index (χ4n) is 2.57. The summed E-state index contributed by atoms with van der Waals surface area (Å²) in [6, 6.07) is 1.96. The van der Waals surface area contributed by atoms with Gasteiger partial charge in [0.2, 0.25) is 5.95 Å². The second kappa shape index (κ2) is 6.37. The number of aromatic nitrogens is 3. The fraction of sp³-hybridized carbons (Fsp3) is 0.438. The van der Waals surface area contributed by atoms with E-state index in [0.29, 0.717) is 18.3 Å². The predicted molar refractivity (Wildman–Crippen MR) is 87.4 cm³/mol. The van der Waals surface area contributed by atoms with E-state index in [-0.39, 0.29) is 17.7 Å². The summed E-state index contributed by atoms with van der Waals surface area (Å²) in [5, 5.41) is 0. The van der Waals surface area contributed by atoms with Gasteiger partial charge in [0.15, 0.2) is 11.6 Å². The zero-order valence-corrected chi connectivity index (χ0v) is 13.3. The van der Waals surface area contributed by atoms with E-state index in [9.17, 15) is 0 Å². The summed E-state index contributed by atoms with van der Waals surface area (Å²) in [5.74, 6) is 2.02. The van der Waals surface area contributed by atoms with Crippen LogP contribution in [0, 0.1) is 0 Å². The Kier molecular flexibility index (Phi) is 4.29. The average molecular weight is 315 g/mol. The highest BCUT2D eigenvalue weighted by Crippen LogP contribution is 2.35. The van der Waals surface area contributed by atoms with Gasteiger partial charge in [0, 0.05) is 36.0 Å². The summed E-state index contributed by atoms with van der Waals surface area (Å²) in [4.78, 5) is 12.4. The lowest BCUT2D eigenvalue weighted by Crippen LogP contribution is -2.06. The van der Waals surface area contributed by atoms with Gasteiger partial charge >= 0.3 is 0 Å². The lowest BCUT2D eigenvalue weighted by Gasteiger charge is -2.16. The van der Waals surface area contributed by atoms with Crippen LogP contribution >= 0.6 is 0 Å². The van der Waals surface area contributed by atoms with E-state index in [1.807, 2.05) is 12.3 Å². The van der Waals surface area contributed by atoms with Gasteiger partial charge in [0.05, 0.1) is 12.8 Å². The van der Waals surface area contributed by atoms with E-state index in [4.69, 9.17) is 20.9 Å². The number of ether oxygens (including phenoxy) is 2. The molecule has 2 aromatic heterocycles. The topological polar surface area (TPSA) is 109 Å². The molecule has 0 saturated carbocycles. The first-order chi connectivity index (χ1) is 11.0. The Balaban J connectivity index is 1.95. The van der Waals surface area contributed by atoms with Gasteiger partial charge in [-0.1, -0.05) is 13.8 Å². The summed E-state index contributed by atoms with van der Waals surface area (Å²) in [7, 11) is 0. The molecule has 0 aromatic carbocycles. The molecule has 4 N–H and O–H groups in total. The van der Waals surface area contributed by atoms with Crippen molar-refractivity contribution in [1.29, 1.82) is 0 Å². The van der Waals surface area contributed by atoms with E-state index in [1.54, 1.807) is 0 Å². The van der Waals surface area contributed by atoms with Gasteiger partial charge in [0.25, 0.3) is 0 Å². The molecular formula is C16H21N5O2. The third-order valence-electron chi connectivity index (χ3n) is 3.91. The van der Waals surface area contributed by atoms with Crippen molar-refractivity contribution in [3.05, 3.63) is 29.7 Å². The molecular weight excluding hydrogens is 294 g/mol. The van der Waals surface area contributed by atoms with E-state index < -0.39 is 0 Å². The molecule has 1 fully saturated rings. The van der Waals surface area contributed by atoms with Crippen LogP contribution in [-0.2, 0) is 4.74 Å². The molecule has 0 bridgehead atoms. The monoisotopic (exact) mass is 315 g/mol. The van der Waals surface area contributed by atoms with Crippen LogP contribution in [0.25, 0.3) is 0 Å². The largest absolute Gasteiger partial charge is 0.451 e. The van der Waals surface area contributed by atoms with E-state index in [1.165, 1.54) is 6.20 Å². The minimum Gasteiger partial charge on any atom is -0.451 e. The number of hydrogen-bond acceptors (Lipinski definition) is 7. The zero-order valence-electron chi connectivity index (χ0n) is 13.3. The summed E-state index contributed by atoms with van der Waals surface area (Å²) in [6.45, 7) is 5.64. The summed E-state index contributed by atoms with van der Waals surface area (Å²) >= 11 is 0. The van der Waals surface area contributed by atoms with E-state index >= 15 is 0 Å². The third-order valence-corrected chi connectivity index (χ3v) is 3.91. The standard InChI is InChI=1S/C16H21N5O2/c1-9(2)11-6-19-12(10-3-4-22-8-10)5-13(11)23-14-7-20-16(18)21-15(14)17/h5-7,9-10H,3-4,8H2,1-2H3,(H4,17,18,20,21). The molecule has 7 nitrogen and oxygen atoms in total. The molecule has 0 spiro atoms. The fourth-order valence-corrected chi connectivity index (χ4v) is 2.57. The molecule has 23 heavy (non-hydrogen) atoms. The molecule has 122 valence electrons. The van der Waals surface area contributed by atoms with Crippen molar-refractivity contribution in [3.63, 3.8) is 0 Å². The third kappa shape index (κ3) is 3.34. The second-order valence-electron chi connectivity index (χ2n) is 5.94. The highest BCUT2D eigenvalue weighted by Gasteiger charge is 2.21. The molecule has 2 aromatic rings. The van der Waals surface area contributed by atoms with Gasteiger partial charge < -0.3 is 20.9 Å². The van der Waals surface area contributed by atoms with Crippen LogP contribution in [0.5, 0.6) is 11.5 Å². The number of nitrogens with two attached hydrogens (primary N) is 2. The van der Waals surface area contributed by atoms with Gasteiger partial charge in [0.1, 0.15) is 5.75 Å². The summed E-state index contributed by atoms with van der Waals surface area (Å²) in [5.41, 5.74) is 13.4. The number of pyridine rings is 1. The minimum absolute atomic E-state index is 0.123. The Bertz CT molecular complexity index is 699. The second-order valence-corrected chi connectivity index (χ2v) is 5.94. The maximum Gasteiger partial charge on any atom is 0.222 e. The Labute approximate surface area is 135 Å².